The molecule has 5 rings (SSSR count). The lowest BCUT2D eigenvalue weighted by Gasteiger charge is -2.45. The number of fused-ring (bicyclic) bond motifs is 4. The fourth-order valence-electron chi connectivity index (χ4n) is 8.44. The van der Waals surface area contributed by atoms with Crippen LogP contribution in [0.5, 0.6) is 0 Å². The van der Waals surface area contributed by atoms with Crippen molar-refractivity contribution in [2.75, 3.05) is 0 Å². The highest BCUT2D eigenvalue weighted by atomic mass is 28.3. The summed E-state index contributed by atoms with van der Waals surface area (Å²) in [6.45, 7) is 10.3. The standard InChI is InChI=1S/C28H42Si2/c1-5-19-29(3,27-15-11-23(21-27)12-16-27)25-7-9-26(10-8-25)30(4,20-6-2)28-17-13-24(22-28)14-18-28/h7-11,13,15,17,23-24H,5-6,12,14,16,18-22H2,1-4H3. The van der Waals surface area contributed by atoms with Crippen LogP contribution >= 0.6 is 0 Å². The Morgan fingerprint density at radius 1 is 0.733 bits per heavy atom. The van der Waals surface area contributed by atoms with Gasteiger partial charge in [-0.2, -0.15) is 0 Å². The number of allylic oxidation sites excluding steroid dienone is 4. The van der Waals surface area contributed by atoms with Crippen LogP contribution in [0.3, 0.4) is 0 Å². The SMILES string of the molecule is CCC[Si](C)(c1ccc([Si](C)(CCC)C23C=CC(CC2)C3)cc1)C12C=CC(CC1)C2. The van der Waals surface area contributed by atoms with Gasteiger partial charge in [0.2, 0.25) is 0 Å². The highest BCUT2D eigenvalue weighted by Crippen LogP contribution is 2.62. The summed E-state index contributed by atoms with van der Waals surface area (Å²) in [6, 6.07) is 13.4. The molecule has 0 aliphatic heterocycles. The smallest absolute Gasteiger partial charge is 0.0851 e. The van der Waals surface area contributed by atoms with Gasteiger partial charge in [0.15, 0.2) is 0 Å². The van der Waals surface area contributed by atoms with E-state index in [1.54, 1.807) is 10.4 Å². The number of hydrogen-bond donors (Lipinski definition) is 0. The van der Waals surface area contributed by atoms with Crippen molar-refractivity contribution < 1.29 is 0 Å². The number of benzene rings is 1. The van der Waals surface area contributed by atoms with E-state index in [0.717, 1.165) is 11.8 Å². The lowest BCUT2D eigenvalue weighted by molar-refractivity contribution is 0.679. The second-order valence-corrected chi connectivity index (χ2v) is 21.3. The van der Waals surface area contributed by atoms with E-state index >= 15 is 0 Å². The van der Waals surface area contributed by atoms with E-state index in [2.05, 4.69) is 75.5 Å². The molecule has 0 spiro atoms. The van der Waals surface area contributed by atoms with Gasteiger partial charge in [0.1, 0.15) is 0 Å². The molecule has 0 nitrogen and oxygen atoms in total. The van der Waals surface area contributed by atoms with Gasteiger partial charge in [-0.1, -0.05) is 111 Å². The number of hydrogen-bond acceptors (Lipinski definition) is 0. The van der Waals surface area contributed by atoms with Crippen LogP contribution < -0.4 is 10.4 Å². The molecular formula is C28H42Si2. The Bertz CT molecular complexity index is 783. The van der Waals surface area contributed by atoms with E-state index in [0.29, 0.717) is 10.1 Å². The van der Waals surface area contributed by atoms with Crippen molar-refractivity contribution in [3.05, 3.63) is 48.6 Å². The minimum atomic E-state index is -1.54. The van der Waals surface area contributed by atoms with Crippen LogP contribution in [0.2, 0.25) is 35.3 Å². The molecule has 4 bridgehead atoms. The molecule has 0 aromatic heterocycles. The van der Waals surface area contributed by atoms with Gasteiger partial charge >= 0.3 is 0 Å². The summed E-state index contributed by atoms with van der Waals surface area (Å²) in [5, 5.41) is 4.59. The van der Waals surface area contributed by atoms with E-state index in [9.17, 15) is 0 Å². The lowest BCUT2D eigenvalue weighted by Crippen LogP contribution is -2.56. The lowest BCUT2D eigenvalue weighted by atomic mass is 10.1. The van der Waals surface area contributed by atoms with E-state index in [1.165, 1.54) is 63.5 Å². The molecule has 1 aromatic carbocycles. The fraction of sp³-hybridized carbons (Fsp3) is 0.643. The van der Waals surface area contributed by atoms with Crippen molar-refractivity contribution in [1.29, 1.82) is 0 Å². The van der Waals surface area contributed by atoms with Crippen LogP contribution in [0.1, 0.15) is 65.2 Å². The second-order valence-electron chi connectivity index (χ2n) is 11.8. The van der Waals surface area contributed by atoms with Crippen LogP contribution in [0.25, 0.3) is 0 Å². The van der Waals surface area contributed by atoms with Gasteiger partial charge in [-0.05, 0) is 60.4 Å². The van der Waals surface area contributed by atoms with Crippen molar-refractivity contribution in [3.8, 4) is 0 Å². The summed E-state index contributed by atoms with van der Waals surface area (Å²) >= 11 is 0. The Hall–Kier alpha value is -0.866. The van der Waals surface area contributed by atoms with Gasteiger partial charge in [0.05, 0.1) is 16.1 Å². The zero-order valence-electron chi connectivity index (χ0n) is 19.8. The zero-order valence-corrected chi connectivity index (χ0v) is 21.8. The molecule has 30 heavy (non-hydrogen) atoms. The Balaban J connectivity index is 1.51. The van der Waals surface area contributed by atoms with Gasteiger partial charge in [-0.3, -0.25) is 0 Å². The molecule has 4 aliphatic rings. The molecule has 2 saturated carbocycles. The summed E-state index contributed by atoms with van der Waals surface area (Å²) < 4.78 is 0. The molecule has 2 fully saturated rings. The molecule has 6 unspecified atom stereocenters. The van der Waals surface area contributed by atoms with Crippen LogP contribution in [-0.4, -0.2) is 16.1 Å². The quantitative estimate of drug-likeness (QED) is 0.297. The molecule has 0 saturated heterocycles. The zero-order chi connectivity index (χ0) is 21.0. The molecule has 162 valence electrons. The van der Waals surface area contributed by atoms with Crippen LogP contribution in [0.4, 0.5) is 0 Å². The maximum atomic E-state index is 2.73. The minimum absolute atomic E-state index is 0.547. The fourth-order valence-corrected chi connectivity index (χ4v) is 18.7. The summed E-state index contributed by atoms with van der Waals surface area (Å²) in [6.07, 6.45) is 21.9. The van der Waals surface area contributed by atoms with Crippen LogP contribution in [0, 0.1) is 11.8 Å². The molecule has 0 N–H and O–H groups in total. The maximum absolute atomic E-state index is 2.73. The molecule has 0 radical (unpaired) electrons. The van der Waals surface area contributed by atoms with Crippen molar-refractivity contribution in [2.24, 2.45) is 11.8 Å². The molecular weight excluding hydrogens is 392 g/mol. The predicted octanol–water partition coefficient (Wildman–Crippen LogP) is 7.30. The highest BCUT2D eigenvalue weighted by Gasteiger charge is 2.56. The first-order valence-electron chi connectivity index (χ1n) is 12.9. The first-order valence-corrected chi connectivity index (χ1v) is 18.3. The normalized spacial score (nSPS) is 37.6. The van der Waals surface area contributed by atoms with E-state index in [-0.39, 0.29) is 0 Å². The first-order chi connectivity index (χ1) is 14.4. The summed E-state index contributed by atoms with van der Waals surface area (Å²) in [4.78, 5) is 0. The third-order valence-electron chi connectivity index (χ3n) is 10.4. The Kier molecular flexibility index (Phi) is 5.14. The highest BCUT2D eigenvalue weighted by molar-refractivity contribution is 6.95. The van der Waals surface area contributed by atoms with Gasteiger partial charge in [-0.15, -0.1) is 0 Å². The van der Waals surface area contributed by atoms with Crippen molar-refractivity contribution >= 4 is 26.5 Å². The predicted molar refractivity (Wildman–Crippen MR) is 137 cm³/mol. The van der Waals surface area contributed by atoms with E-state index < -0.39 is 16.1 Å². The molecule has 0 heterocycles. The summed E-state index contributed by atoms with van der Waals surface area (Å²) in [5.41, 5.74) is 0. The van der Waals surface area contributed by atoms with Gasteiger partial charge in [0, 0.05) is 0 Å². The summed E-state index contributed by atoms with van der Waals surface area (Å²) in [7, 11) is -3.07. The molecule has 0 amide bonds. The second kappa shape index (κ2) is 7.34. The van der Waals surface area contributed by atoms with E-state index in [4.69, 9.17) is 0 Å². The van der Waals surface area contributed by atoms with Gasteiger partial charge in [-0.25, -0.2) is 0 Å². The average molecular weight is 435 g/mol. The first kappa shape index (κ1) is 21.0. The van der Waals surface area contributed by atoms with Crippen molar-refractivity contribution in [3.63, 3.8) is 0 Å². The van der Waals surface area contributed by atoms with Crippen molar-refractivity contribution in [1.82, 2.24) is 0 Å². The van der Waals surface area contributed by atoms with E-state index in [1.807, 2.05) is 0 Å². The maximum Gasteiger partial charge on any atom is 0.0934 e. The van der Waals surface area contributed by atoms with Gasteiger partial charge in [0.25, 0.3) is 0 Å². The monoisotopic (exact) mass is 434 g/mol. The molecule has 4 aliphatic carbocycles. The molecule has 2 heteroatoms. The van der Waals surface area contributed by atoms with Gasteiger partial charge < -0.3 is 0 Å². The Morgan fingerprint density at radius 3 is 1.37 bits per heavy atom. The topological polar surface area (TPSA) is 0 Å². The average Bonchev–Trinajstić information content (AvgIpc) is 3.55. The molecule has 6 atom stereocenters. The van der Waals surface area contributed by atoms with Crippen molar-refractivity contribution in [2.45, 2.75) is 100 Å². The largest absolute Gasteiger partial charge is 0.0934 e. The Morgan fingerprint density at radius 2 is 1.13 bits per heavy atom. The van der Waals surface area contributed by atoms with Crippen LogP contribution in [0.15, 0.2) is 48.6 Å². The third-order valence-corrected chi connectivity index (χ3v) is 22.3. The summed E-state index contributed by atoms with van der Waals surface area (Å²) in [5.74, 6) is 1.77. The minimum Gasteiger partial charge on any atom is -0.0851 e. The Labute approximate surface area is 187 Å². The third kappa shape index (κ3) is 2.82. The van der Waals surface area contributed by atoms with Crippen LogP contribution in [-0.2, 0) is 0 Å². The molecule has 1 aromatic rings. The number of rotatable bonds is 8.